The van der Waals surface area contributed by atoms with Gasteiger partial charge >= 0.3 is 0 Å². The summed E-state index contributed by atoms with van der Waals surface area (Å²) in [6.45, 7) is 6.19. The first-order chi connectivity index (χ1) is 5.43. The second-order valence-electron chi connectivity index (χ2n) is 3.85. The summed E-state index contributed by atoms with van der Waals surface area (Å²) in [4.78, 5) is 0. The van der Waals surface area contributed by atoms with E-state index < -0.39 is 0 Å². The molecular formula is C10H12BrF. The fraction of sp³-hybridized carbons (Fsp3) is 0.400. The molecular weight excluding hydrogens is 219 g/mol. The van der Waals surface area contributed by atoms with Gasteiger partial charge < -0.3 is 0 Å². The van der Waals surface area contributed by atoms with Crippen molar-refractivity contribution in [3.63, 3.8) is 0 Å². The summed E-state index contributed by atoms with van der Waals surface area (Å²) in [6, 6.07) is 5.13. The van der Waals surface area contributed by atoms with Crippen LogP contribution in [0.2, 0.25) is 0 Å². The Morgan fingerprint density at radius 3 is 2.25 bits per heavy atom. The van der Waals surface area contributed by atoms with Gasteiger partial charge in [-0.25, -0.2) is 4.39 Å². The predicted molar refractivity (Wildman–Crippen MR) is 52.8 cm³/mol. The molecule has 0 spiro atoms. The van der Waals surface area contributed by atoms with Gasteiger partial charge in [-0.05, 0) is 33.0 Å². The minimum Gasteiger partial charge on any atom is -0.206 e. The highest BCUT2D eigenvalue weighted by Gasteiger charge is 2.18. The van der Waals surface area contributed by atoms with Crippen molar-refractivity contribution in [3.05, 3.63) is 34.1 Å². The first-order valence-corrected chi connectivity index (χ1v) is 4.66. The molecule has 1 aromatic rings. The average molecular weight is 231 g/mol. The van der Waals surface area contributed by atoms with Gasteiger partial charge in [0.2, 0.25) is 0 Å². The molecule has 0 saturated heterocycles. The molecule has 1 aromatic carbocycles. The van der Waals surface area contributed by atoms with Crippen LogP contribution in [0.25, 0.3) is 0 Å². The Bertz CT molecular complexity index is 286. The maximum atomic E-state index is 13.1. The van der Waals surface area contributed by atoms with Crippen molar-refractivity contribution in [2.45, 2.75) is 26.2 Å². The van der Waals surface area contributed by atoms with Crippen LogP contribution in [-0.2, 0) is 5.41 Å². The molecule has 0 bridgehead atoms. The summed E-state index contributed by atoms with van der Waals surface area (Å²) in [6.07, 6.45) is 0. The maximum Gasteiger partial charge on any atom is 0.137 e. The molecule has 0 aliphatic heterocycles. The topological polar surface area (TPSA) is 0 Å². The average Bonchev–Trinajstić information content (AvgIpc) is 1.92. The van der Waals surface area contributed by atoms with E-state index in [1.54, 1.807) is 6.07 Å². The van der Waals surface area contributed by atoms with E-state index in [1.807, 2.05) is 6.07 Å². The molecule has 0 aliphatic carbocycles. The third-order valence-corrected chi connectivity index (χ3v) is 2.57. The van der Waals surface area contributed by atoms with E-state index in [1.165, 1.54) is 6.07 Å². The Morgan fingerprint density at radius 1 is 1.25 bits per heavy atom. The van der Waals surface area contributed by atoms with Crippen LogP contribution in [0, 0.1) is 5.82 Å². The monoisotopic (exact) mass is 230 g/mol. The number of hydrogen-bond acceptors (Lipinski definition) is 0. The highest BCUT2D eigenvalue weighted by Crippen LogP contribution is 2.30. The molecule has 0 aromatic heterocycles. The Labute approximate surface area is 80.9 Å². The zero-order valence-corrected chi connectivity index (χ0v) is 9.07. The number of rotatable bonds is 0. The van der Waals surface area contributed by atoms with E-state index in [4.69, 9.17) is 0 Å². The Balaban J connectivity index is 3.26. The van der Waals surface area contributed by atoms with Gasteiger partial charge in [0.15, 0.2) is 0 Å². The smallest absolute Gasteiger partial charge is 0.137 e. The van der Waals surface area contributed by atoms with Gasteiger partial charge in [0.1, 0.15) is 5.82 Å². The van der Waals surface area contributed by atoms with Crippen molar-refractivity contribution in [2.24, 2.45) is 0 Å². The fourth-order valence-electron chi connectivity index (χ4n) is 1.08. The van der Waals surface area contributed by atoms with Crippen LogP contribution in [0.1, 0.15) is 26.3 Å². The molecule has 0 N–H and O–H groups in total. The number of benzene rings is 1. The summed E-state index contributed by atoms with van der Waals surface area (Å²) in [7, 11) is 0. The second kappa shape index (κ2) is 3.17. The molecule has 0 amide bonds. The fourth-order valence-corrected chi connectivity index (χ4v) is 1.94. The minimum atomic E-state index is -0.192. The van der Waals surface area contributed by atoms with Crippen LogP contribution in [-0.4, -0.2) is 0 Å². The van der Waals surface area contributed by atoms with Gasteiger partial charge in [-0.15, -0.1) is 0 Å². The standard InChI is InChI=1S/C10H12BrF/c1-10(2,3)7-5-4-6-8(12)9(7)11/h4-6H,1-3H3. The third-order valence-electron chi connectivity index (χ3n) is 1.76. The molecule has 0 unspecified atom stereocenters. The van der Waals surface area contributed by atoms with Crippen LogP contribution in [0.5, 0.6) is 0 Å². The van der Waals surface area contributed by atoms with E-state index in [2.05, 4.69) is 36.7 Å². The van der Waals surface area contributed by atoms with E-state index in [-0.39, 0.29) is 11.2 Å². The third kappa shape index (κ3) is 1.86. The Hall–Kier alpha value is -0.370. The lowest BCUT2D eigenvalue weighted by atomic mass is 9.87. The second-order valence-corrected chi connectivity index (χ2v) is 4.64. The number of halogens is 2. The van der Waals surface area contributed by atoms with Crippen LogP contribution in [0.15, 0.2) is 22.7 Å². The Kier molecular flexibility index (Phi) is 2.57. The summed E-state index contributed by atoms with van der Waals surface area (Å²) >= 11 is 3.24. The highest BCUT2D eigenvalue weighted by molar-refractivity contribution is 9.10. The zero-order chi connectivity index (χ0) is 9.35. The molecule has 0 saturated carbocycles. The van der Waals surface area contributed by atoms with Crippen LogP contribution >= 0.6 is 15.9 Å². The first-order valence-electron chi connectivity index (χ1n) is 3.87. The lowest BCUT2D eigenvalue weighted by Crippen LogP contribution is -2.12. The van der Waals surface area contributed by atoms with Gasteiger partial charge in [0.05, 0.1) is 4.47 Å². The maximum absolute atomic E-state index is 13.1. The Morgan fingerprint density at radius 2 is 1.83 bits per heavy atom. The van der Waals surface area contributed by atoms with Gasteiger partial charge in [0, 0.05) is 0 Å². The van der Waals surface area contributed by atoms with E-state index >= 15 is 0 Å². The van der Waals surface area contributed by atoms with Crippen molar-refractivity contribution in [1.82, 2.24) is 0 Å². The van der Waals surface area contributed by atoms with Gasteiger partial charge in [0.25, 0.3) is 0 Å². The molecule has 12 heavy (non-hydrogen) atoms. The lowest BCUT2D eigenvalue weighted by molar-refractivity contribution is 0.565. The van der Waals surface area contributed by atoms with Crippen LogP contribution < -0.4 is 0 Å². The van der Waals surface area contributed by atoms with Crippen molar-refractivity contribution in [3.8, 4) is 0 Å². The van der Waals surface area contributed by atoms with Crippen LogP contribution in [0.4, 0.5) is 4.39 Å². The molecule has 0 nitrogen and oxygen atoms in total. The van der Waals surface area contributed by atoms with Crippen molar-refractivity contribution in [1.29, 1.82) is 0 Å². The normalized spacial score (nSPS) is 11.8. The van der Waals surface area contributed by atoms with Crippen molar-refractivity contribution >= 4 is 15.9 Å². The summed E-state index contributed by atoms with van der Waals surface area (Å²) < 4.78 is 13.6. The summed E-state index contributed by atoms with van der Waals surface area (Å²) in [5.41, 5.74) is 0.989. The molecule has 0 heterocycles. The first kappa shape index (κ1) is 9.72. The SMILES string of the molecule is CC(C)(C)c1cccc(F)c1Br. The molecule has 0 fully saturated rings. The minimum absolute atomic E-state index is 0.0130. The lowest BCUT2D eigenvalue weighted by Gasteiger charge is -2.20. The summed E-state index contributed by atoms with van der Waals surface area (Å²) in [5.74, 6) is -0.192. The van der Waals surface area contributed by atoms with E-state index in [0.29, 0.717) is 4.47 Å². The van der Waals surface area contributed by atoms with Gasteiger partial charge in [-0.2, -0.15) is 0 Å². The number of hydrogen-bond donors (Lipinski definition) is 0. The van der Waals surface area contributed by atoms with Crippen molar-refractivity contribution < 1.29 is 4.39 Å². The summed E-state index contributed by atoms with van der Waals surface area (Å²) in [5, 5.41) is 0. The molecule has 1 rings (SSSR count). The zero-order valence-electron chi connectivity index (χ0n) is 7.49. The molecule has 0 aliphatic rings. The van der Waals surface area contributed by atoms with Gasteiger partial charge in [-0.1, -0.05) is 32.9 Å². The largest absolute Gasteiger partial charge is 0.206 e. The molecule has 0 radical (unpaired) electrons. The van der Waals surface area contributed by atoms with Crippen molar-refractivity contribution in [2.75, 3.05) is 0 Å². The molecule has 66 valence electrons. The molecule has 0 atom stereocenters. The van der Waals surface area contributed by atoms with E-state index in [9.17, 15) is 4.39 Å². The predicted octanol–water partition coefficient (Wildman–Crippen LogP) is 3.89. The van der Waals surface area contributed by atoms with Crippen LogP contribution in [0.3, 0.4) is 0 Å². The highest BCUT2D eigenvalue weighted by atomic mass is 79.9. The quantitative estimate of drug-likeness (QED) is 0.635. The van der Waals surface area contributed by atoms with Gasteiger partial charge in [-0.3, -0.25) is 0 Å². The molecule has 2 heteroatoms. The van der Waals surface area contributed by atoms with E-state index in [0.717, 1.165) is 5.56 Å².